The number of carbonyl (C=O) groups is 3. The molecule has 0 aliphatic carbocycles. The van der Waals surface area contributed by atoms with Gasteiger partial charge in [0.1, 0.15) is 0 Å². The predicted octanol–water partition coefficient (Wildman–Crippen LogP) is 0.977. The third-order valence-electron chi connectivity index (χ3n) is 2.71. The number of rotatable bonds is 3. The lowest BCUT2D eigenvalue weighted by molar-refractivity contribution is 0.0792. The highest BCUT2D eigenvalue weighted by Gasteiger charge is 2.22. The second-order valence-electron chi connectivity index (χ2n) is 4.29. The van der Waals surface area contributed by atoms with Crippen LogP contribution in [0.1, 0.15) is 20.7 Å². The lowest BCUT2D eigenvalue weighted by atomic mass is 10.2. The number of carbonyl (C=O) groups excluding carboxylic acids is 3. The Bertz CT molecular complexity index is 764. The SMILES string of the molecule is NC(=O)ON(C(=O)c1ccc(F)nc1)c1cccc(C(N)=O)c1. The normalized spacial score (nSPS) is 9.96. The Labute approximate surface area is 129 Å². The summed E-state index contributed by atoms with van der Waals surface area (Å²) in [6.07, 6.45) is -0.287. The van der Waals surface area contributed by atoms with Crippen LogP contribution in [0.15, 0.2) is 42.6 Å². The van der Waals surface area contributed by atoms with E-state index in [1.54, 1.807) is 0 Å². The van der Waals surface area contributed by atoms with Crippen molar-refractivity contribution in [3.63, 3.8) is 0 Å². The number of primary amides is 2. The first-order valence-corrected chi connectivity index (χ1v) is 6.22. The fourth-order valence-electron chi connectivity index (χ4n) is 1.71. The van der Waals surface area contributed by atoms with E-state index >= 15 is 0 Å². The molecule has 8 nitrogen and oxygen atoms in total. The van der Waals surface area contributed by atoms with Gasteiger partial charge in [0.25, 0.3) is 5.91 Å². The van der Waals surface area contributed by atoms with Gasteiger partial charge in [-0.25, -0.2) is 9.78 Å². The first-order chi connectivity index (χ1) is 10.9. The Morgan fingerprint density at radius 1 is 1.09 bits per heavy atom. The monoisotopic (exact) mass is 318 g/mol. The smallest absolute Gasteiger partial charge is 0.366 e. The van der Waals surface area contributed by atoms with Crippen molar-refractivity contribution in [3.05, 3.63) is 59.7 Å². The van der Waals surface area contributed by atoms with E-state index in [9.17, 15) is 18.8 Å². The molecule has 0 aliphatic rings. The summed E-state index contributed by atoms with van der Waals surface area (Å²) in [6.45, 7) is 0. The fraction of sp³-hybridized carbons (Fsp3) is 0. The van der Waals surface area contributed by atoms with Gasteiger partial charge in [0.15, 0.2) is 0 Å². The van der Waals surface area contributed by atoms with E-state index in [4.69, 9.17) is 11.5 Å². The van der Waals surface area contributed by atoms with E-state index in [2.05, 4.69) is 9.82 Å². The first-order valence-electron chi connectivity index (χ1n) is 6.22. The number of hydroxylamine groups is 1. The summed E-state index contributed by atoms with van der Waals surface area (Å²) in [5, 5.41) is 0.559. The van der Waals surface area contributed by atoms with Crippen molar-refractivity contribution in [2.75, 3.05) is 5.06 Å². The molecule has 1 aromatic carbocycles. The van der Waals surface area contributed by atoms with Gasteiger partial charge in [-0.2, -0.15) is 4.39 Å². The van der Waals surface area contributed by atoms with Gasteiger partial charge in [0.2, 0.25) is 11.9 Å². The maximum atomic E-state index is 12.8. The number of benzene rings is 1. The minimum absolute atomic E-state index is 0.0365. The van der Waals surface area contributed by atoms with Crippen molar-refractivity contribution < 1.29 is 23.6 Å². The summed E-state index contributed by atoms with van der Waals surface area (Å²) in [6, 6.07) is 7.60. The number of hydrogen-bond acceptors (Lipinski definition) is 5. The molecule has 3 amide bonds. The topological polar surface area (TPSA) is 129 Å². The molecule has 0 unspecified atom stereocenters. The molecule has 0 aliphatic heterocycles. The number of halogens is 1. The van der Waals surface area contributed by atoms with Crippen LogP contribution in [0.25, 0.3) is 0 Å². The number of amides is 3. The largest absolute Gasteiger partial charge is 0.429 e. The quantitative estimate of drug-likeness (QED) is 0.643. The van der Waals surface area contributed by atoms with Crippen molar-refractivity contribution in [1.29, 1.82) is 0 Å². The van der Waals surface area contributed by atoms with Gasteiger partial charge >= 0.3 is 6.09 Å². The number of anilines is 1. The molecule has 9 heteroatoms. The zero-order chi connectivity index (χ0) is 17.0. The van der Waals surface area contributed by atoms with Crippen molar-refractivity contribution >= 4 is 23.6 Å². The Hall–Kier alpha value is -3.49. The number of aromatic nitrogens is 1. The molecule has 4 N–H and O–H groups in total. The molecule has 118 valence electrons. The van der Waals surface area contributed by atoms with Crippen LogP contribution in [0.2, 0.25) is 0 Å². The summed E-state index contributed by atoms with van der Waals surface area (Å²) in [5.41, 5.74) is 10.2. The fourth-order valence-corrected chi connectivity index (χ4v) is 1.71. The number of nitrogens with two attached hydrogens (primary N) is 2. The second kappa shape index (κ2) is 6.52. The van der Waals surface area contributed by atoms with Gasteiger partial charge in [-0.15, -0.1) is 5.06 Å². The zero-order valence-corrected chi connectivity index (χ0v) is 11.6. The van der Waals surface area contributed by atoms with Crippen LogP contribution < -0.4 is 16.5 Å². The van der Waals surface area contributed by atoms with Crippen LogP contribution in [-0.4, -0.2) is 22.9 Å². The molecule has 0 radical (unpaired) electrons. The maximum absolute atomic E-state index is 12.8. The highest BCUT2D eigenvalue weighted by atomic mass is 19.1. The van der Waals surface area contributed by atoms with E-state index < -0.39 is 23.9 Å². The van der Waals surface area contributed by atoms with Crippen molar-refractivity contribution in [1.82, 2.24) is 4.98 Å². The summed E-state index contributed by atoms with van der Waals surface area (Å²) in [5.74, 6) is -2.35. The summed E-state index contributed by atoms with van der Waals surface area (Å²) < 4.78 is 12.8. The summed E-state index contributed by atoms with van der Waals surface area (Å²) in [7, 11) is 0. The lowest BCUT2D eigenvalue weighted by Crippen LogP contribution is -2.36. The van der Waals surface area contributed by atoms with E-state index in [-0.39, 0.29) is 16.8 Å². The van der Waals surface area contributed by atoms with Crippen LogP contribution in [0.4, 0.5) is 14.9 Å². The molecule has 0 saturated carbocycles. The molecule has 0 fully saturated rings. The average molecular weight is 318 g/mol. The molecule has 0 spiro atoms. The molecular formula is C14H11FN4O4. The molecule has 0 atom stereocenters. The predicted molar refractivity (Wildman–Crippen MR) is 76.6 cm³/mol. The lowest BCUT2D eigenvalue weighted by Gasteiger charge is -2.20. The summed E-state index contributed by atoms with van der Waals surface area (Å²) in [4.78, 5) is 42.6. The van der Waals surface area contributed by atoms with Crippen molar-refractivity contribution in [2.24, 2.45) is 11.5 Å². The molecule has 1 heterocycles. The van der Waals surface area contributed by atoms with Crippen molar-refractivity contribution in [3.8, 4) is 0 Å². The maximum Gasteiger partial charge on any atom is 0.429 e. The van der Waals surface area contributed by atoms with Gasteiger partial charge < -0.3 is 16.3 Å². The highest BCUT2D eigenvalue weighted by molar-refractivity contribution is 6.06. The Morgan fingerprint density at radius 2 is 1.83 bits per heavy atom. The minimum atomic E-state index is -1.25. The van der Waals surface area contributed by atoms with E-state index in [1.165, 1.54) is 24.3 Å². The molecule has 23 heavy (non-hydrogen) atoms. The first kappa shape index (κ1) is 15.9. The third kappa shape index (κ3) is 3.79. The van der Waals surface area contributed by atoms with Gasteiger partial charge in [-0.05, 0) is 30.3 Å². The van der Waals surface area contributed by atoms with Gasteiger partial charge in [-0.1, -0.05) is 6.07 Å². The van der Waals surface area contributed by atoms with E-state index in [0.717, 1.165) is 18.3 Å². The Balaban J connectivity index is 2.42. The molecule has 2 aromatic rings. The summed E-state index contributed by atoms with van der Waals surface area (Å²) >= 11 is 0. The average Bonchev–Trinajstić information content (AvgIpc) is 2.52. The van der Waals surface area contributed by atoms with E-state index in [0.29, 0.717) is 5.06 Å². The molecule has 1 aromatic heterocycles. The third-order valence-corrected chi connectivity index (χ3v) is 2.71. The van der Waals surface area contributed by atoms with Gasteiger partial charge in [0.05, 0.1) is 11.3 Å². The molecule has 0 saturated heterocycles. The highest BCUT2D eigenvalue weighted by Crippen LogP contribution is 2.19. The van der Waals surface area contributed by atoms with Gasteiger partial charge in [-0.3, -0.25) is 9.59 Å². The standard InChI is InChI=1S/C14H11FN4O4/c15-11-5-4-9(7-18-11)13(21)19(23-14(17)22)10-3-1-2-8(6-10)12(16)20/h1-7H,(H2,16,20)(H2,17,22). The Kier molecular flexibility index (Phi) is 4.50. The van der Waals surface area contributed by atoms with Crippen LogP contribution in [0.5, 0.6) is 0 Å². The van der Waals surface area contributed by atoms with Crippen LogP contribution in [0, 0.1) is 5.95 Å². The molecule has 2 rings (SSSR count). The number of pyridine rings is 1. The number of nitrogens with zero attached hydrogens (tertiary/aromatic N) is 2. The van der Waals surface area contributed by atoms with Crippen molar-refractivity contribution in [2.45, 2.75) is 0 Å². The van der Waals surface area contributed by atoms with Gasteiger partial charge in [0, 0.05) is 11.8 Å². The van der Waals surface area contributed by atoms with Crippen LogP contribution in [-0.2, 0) is 4.84 Å². The number of hydrogen-bond donors (Lipinski definition) is 2. The Morgan fingerprint density at radius 3 is 2.39 bits per heavy atom. The minimum Gasteiger partial charge on any atom is -0.366 e. The second-order valence-corrected chi connectivity index (χ2v) is 4.29. The van der Waals surface area contributed by atoms with Crippen LogP contribution >= 0.6 is 0 Å². The molecular weight excluding hydrogens is 307 g/mol. The molecule has 0 bridgehead atoms. The van der Waals surface area contributed by atoms with Crippen LogP contribution in [0.3, 0.4) is 0 Å². The zero-order valence-electron chi connectivity index (χ0n) is 11.6. The van der Waals surface area contributed by atoms with E-state index in [1.807, 2.05) is 0 Å².